The minimum atomic E-state index is -3.02. The first-order valence-electron chi connectivity index (χ1n) is 32.9. The van der Waals surface area contributed by atoms with Crippen LogP contribution in [0.1, 0.15) is 0 Å². The van der Waals surface area contributed by atoms with E-state index in [2.05, 4.69) is 278 Å². The Morgan fingerprint density at radius 2 is 0.588 bits per heavy atom. The van der Waals surface area contributed by atoms with Crippen LogP contribution in [0, 0.1) is 0 Å². The van der Waals surface area contributed by atoms with Gasteiger partial charge in [0.2, 0.25) is 0 Å². The molecule has 0 N–H and O–H groups in total. The van der Waals surface area contributed by atoms with E-state index in [1.165, 1.54) is 54.6 Å². The molecule has 0 saturated carbocycles. The number of rotatable bonds is 9. The summed E-state index contributed by atoms with van der Waals surface area (Å²) in [6.45, 7) is 0. The van der Waals surface area contributed by atoms with Crippen molar-refractivity contribution >= 4 is 121 Å². The Kier molecular flexibility index (Phi) is 14.1. The Bertz CT molecular complexity index is 6080. The van der Waals surface area contributed by atoms with E-state index in [1.54, 1.807) is 0 Å². The van der Waals surface area contributed by atoms with Gasteiger partial charge in [0, 0.05) is 81.4 Å². The highest BCUT2D eigenvalue weighted by Gasteiger charge is 2.30. The number of aromatic nitrogens is 4. The van der Waals surface area contributed by atoms with Crippen molar-refractivity contribution in [1.29, 1.82) is 0 Å². The van der Waals surface area contributed by atoms with Crippen molar-refractivity contribution in [1.82, 2.24) is 19.5 Å². The lowest BCUT2D eigenvalue weighted by molar-refractivity contribution is 0.592. The lowest BCUT2D eigenvalue weighted by Gasteiger charge is -2.20. The van der Waals surface area contributed by atoms with Crippen molar-refractivity contribution in [2.24, 2.45) is 0 Å². The van der Waals surface area contributed by atoms with Gasteiger partial charge in [-0.05, 0) is 85.3 Å². The second-order valence-corrected chi connectivity index (χ2v) is 27.6. The minimum absolute atomic E-state index is 0.828. The second kappa shape index (κ2) is 23.9. The van der Waals surface area contributed by atoms with Gasteiger partial charge in [-0.2, -0.15) is 0 Å². The predicted octanol–water partition coefficient (Wildman–Crippen LogP) is 22.7. The Morgan fingerprint density at radius 3 is 1.06 bits per heavy atom. The minimum Gasteiger partial charge on any atom is -0.309 e. The molecule has 5 nitrogen and oxygen atoms in total. The highest BCUT2D eigenvalue weighted by atomic mass is 31.2. The fourth-order valence-electron chi connectivity index (χ4n) is 14.6. The summed E-state index contributed by atoms with van der Waals surface area (Å²) in [5, 5.41) is 16.5. The molecule has 454 valence electrons. The van der Waals surface area contributed by atoms with Gasteiger partial charge in [-0.25, -0.2) is 15.0 Å². The van der Waals surface area contributed by atoms with Crippen LogP contribution < -0.4 is 15.9 Å². The van der Waals surface area contributed by atoms with Crippen molar-refractivity contribution in [3.63, 3.8) is 0 Å². The molecule has 97 heavy (non-hydrogen) atoms. The highest BCUT2D eigenvalue weighted by molar-refractivity contribution is 7.85. The number of para-hydroxylation sites is 3. The molecule has 0 radical (unpaired) electrons. The van der Waals surface area contributed by atoms with Crippen molar-refractivity contribution in [2.45, 2.75) is 0 Å². The van der Waals surface area contributed by atoms with Crippen LogP contribution in [-0.2, 0) is 4.57 Å². The van der Waals surface area contributed by atoms with Gasteiger partial charge in [-0.15, -0.1) is 0 Å². The van der Waals surface area contributed by atoms with Gasteiger partial charge in [0.15, 0.2) is 7.14 Å². The molecule has 0 fully saturated rings. The molecule has 16 aromatic carbocycles. The molecule has 0 amide bonds. The molecular formula is C91H59N4OP. The van der Waals surface area contributed by atoms with Gasteiger partial charge in [0.05, 0.1) is 33.1 Å². The molecule has 19 rings (SSSR count). The molecule has 0 spiro atoms. The summed E-state index contributed by atoms with van der Waals surface area (Å²) in [4.78, 5) is 15.8. The number of pyridine rings is 2. The molecule has 0 bridgehead atoms. The van der Waals surface area contributed by atoms with Gasteiger partial charge in [0.25, 0.3) is 0 Å². The van der Waals surface area contributed by atoms with Crippen molar-refractivity contribution in [3.8, 4) is 61.6 Å². The molecule has 0 aliphatic heterocycles. The maximum atomic E-state index is 14.8. The summed E-state index contributed by atoms with van der Waals surface area (Å²) in [5.74, 6) is 0.932. The first kappa shape index (κ1) is 57.3. The third-order valence-electron chi connectivity index (χ3n) is 19.3. The van der Waals surface area contributed by atoms with Gasteiger partial charge in [0.1, 0.15) is 5.82 Å². The van der Waals surface area contributed by atoms with Crippen molar-refractivity contribution < 1.29 is 4.57 Å². The van der Waals surface area contributed by atoms with E-state index in [1.807, 2.05) is 84.9 Å². The molecule has 0 atom stereocenters. The number of benzene rings is 16. The Hall–Kier alpha value is -12.4. The third-order valence-corrected chi connectivity index (χ3v) is 22.4. The Labute approximate surface area is 560 Å². The highest BCUT2D eigenvalue weighted by Crippen LogP contribution is 2.45. The number of hydrogen-bond acceptors (Lipinski definition) is 4. The molecule has 6 heteroatoms. The van der Waals surface area contributed by atoms with Crippen LogP contribution in [0.3, 0.4) is 0 Å². The standard InChI is InChI=1S/C46H29N3.C45H30NOP/c1-2-15-36(16-3-1)49-42-20-9-8-19-41(42)47-46(49)33-23-21-30(22-24-33)34-13-10-14-35(29-34)43-39-27-25-31-11-4-6-17-37(31)44(39)48-45-38-18-7-5-12-32(38)26-28-40(43)45;47-48(36-13-3-1-4-14-36,37-15-5-2-6-16-37)38-27-23-32(24-28-38)31-19-21-35(22-20-31)43-41-29-25-33-11-7-9-17-39(33)44(41)46-45-40-18-10-8-12-34(40)26-30-42(43)45/h1-29H;1-30H. The SMILES string of the molecule is O=P(c1ccccc1)(c1ccccc1)c1ccc(-c2ccc(-c3c4ccc5ccccc5c4nc4c3ccc3ccccc34)cc2)cc1.c1ccc(-n2c(-c3ccc(-c4cccc(-c5c6ccc7ccccc7c6nc6c5ccc5ccccc56)c4)cc3)nc3ccccc32)cc1. The first-order chi connectivity index (χ1) is 48.0. The number of fused-ring (bicyclic) bond motifs is 13. The van der Waals surface area contributed by atoms with E-state index in [0.29, 0.717) is 0 Å². The molecule has 0 aliphatic carbocycles. The van der Waals surface area contributed by atoms with Crippen LogP contribution in [0.2, 0.25) is 0 Å². The van der Waals surface area contributed by atoms with Crippen molar-refractivity contribution in [2.75, 3.05) is 0 Å². The molecule has 0 saturated heterocycles. The van der Waals surface area contributed by atoms with E-state index in [0.717, 1.165) is 121 Å². The molecule has 19 aromatic rings. The normalized spacial score (nSPS) is 11.8. The van der Waals surface area contributed by atoms with Crippen LogP contribution >= 0.6 is 7.14 Å². The molecule has 0 unspecified atom stereocenters. The number of hydrogen-bond donors (Lipinski definition) is 0. The van der Waals surface area contributed by atoms with Gasteiger partial charge in [-0.3, -0.25) is 4.57 Å². The van der Waals surface area contributed by atoms with Crippen LogP contribution in [-0.4, -0.2) is 19.5 Å². The summed E-state index contributed by atoms with van der Waals surface area (Å²) in [7, 11) is -3.02. The van der Waals surface area contributed by atoms with Gasteiger partial charge < -0.3 is 4.57 Å². The number of nitrogens with zero attached hydrogens (tertiary/aromatic N) is 4. The second-order valence-electron chi connectivity index (χ2n) is 24.9. The van der Waals surface area contributed by atoms with E-state index < -0.39 is 7.14 Å². The summed E-state index contributed by atoms with van der Waals surface area (Å²) >= 11 is 0. The summed E-state index contributed by atoms with van der Waals surface area (Å²) < 4.78 is 17.1. The van der Waals surface area contributed by atoms with Crippen LogP contribution in [0.5, 0.6) is 0 Å². The summed E-state index contributed by atoms with van der Waals surface area (Å²) in [6.07, 6.45) is 0. The zero-order chi connectivity index (χ0) is 64.4. The van der Waals surface area contributed by atoms with E-state index in [-0.39, 0.29) is 0 Å². The summed E-state index contributed by atoms with van der Waals surface area (Å²) in [6, 6.07) is 125. The lowest BCUT2D eigenvalue weighted by atomic mass is 9.91. The summed E-state index contributed by atoms with van der Waals surface area (Å²) in [5.41, 5.74) is 17.6. The van der Waals surface area contributed by atoms with Crippen molar-refractivity contribution in [3.05, 3.63) is 358 Å². The quantitative estimate of drug-likeness (QED) is 0.0821. The van der Waals surface area contributed by atoms with E-state index in [4.69, 9.17) is 15.0 Å². The largest absolute Gasteiger partial charge is 0.309 e. The molecular weight excluding hydrogens is 1200 g/mol. The van der Waals surface area contributed by atoms with Gasteiger partial charge in [-0.1, -0.05) is 328 Å². The average molecular weight is 1260 g/mol. The monoisotopic (exact) mass is 1250 g/mol. The maximum absolute atomic E-state index is 14.8. The lowest BCUT2D eigenvalue weighted by Crippen LogP contribution is -2.24. The first-order valence-corrected chi connectivity index (χ1v) is 34.6. The Balaban J connectivity index is 0.000000141. The topological polar surface area (TPSA) is 60.7 Å². The van der Waals surface area contributed by atoms with Crippen LogP contribution in [0.4, 0.5) is 0 Å². The molecule has 0 aliphatic rings. The third kappa shape index (κ3) is 9.94. The smallest absolute Gasteiger partial charge is 0.171 e. The molecule has 3 aromatic heterocycles. The zero-order valence-electron chi connectivity index (χ0n) is 52.7. The predicted molar refractivity (Wildman–Crippen MR) is 410 cm³/mol. The van der Waals surface area contributed by atoms with Crippen LogP contribution in [0.25, 0.3) is 159 Å². The van der Waals surface area contributed by atoms with E-state index >= 15 is 0 Å². The van der Waals surface area contributed by atoms with Gasteiger partial charge >= 0.3 is 0 Å². The average Bonchev–Trinajstić information content (AvgIpc) is 1.45. The fourth-order valence-corrected chi connectivity index (χ4v) is 17.2. The Morgan fingerprint density at radius 1 is 0.237 bits per heavy atom. The molecule has 3 heterocycles. The number of imidazole rings is 1. The van der Waals surface area contributed by atoms with E-state index in [9.17, 15) is 4.57 Å². The maximum Gasteiger partial charge on any atom is 0.171 e. The van der Waals surface area contributed by atoms with Crippen LogP contribution in [0.15, 0.2) is 358 Å². The fraction of sp³-hybridized carbons (Fsp3) is 0. The zero-order valence-corrected chi connectivity index (χ0v) is 53.6.